The van der Waals surface area contributed by atoms with Crippen molar-refractivity contribution in [1.29, 1.82) is 0 Å². The molecule has 0 aliphatic rings. The largest absolute Gasteiger partial charge is 0.496 e. The maximum absolute atomic E-state index is 11.4. The van der Waals surface area contributed by atoms with Gasteiger partial charge in [-0.1, -0.05) is 0 Å². The standard InChI is InChI=1S/C13H11ClN2O3/c1-7-5-8(3-4-11(7)19-2)10-6-9(12(14)17)13(18)16-15-10/h3-6H,1-2H3,(H,16,18). The first-order chi connectivity index (χ1) is 9.02. The van der Waals surface area contributed by atoms with E-state index in [0.29, 0.717) is 5.69 Å². The van der Waals surface area contributed by atoms with Crippen molar-refractivity contribution >= 4 is 16.8 Å². The Hall–Kier alpha value is -2.14. The summed E-state index contributed by atoms with van der Waals surface area (Å²) in [5.41, 5.74) is 1.42. The van der Waals surface area contributed by atoms with Crippen molar-refractivity contribution in [3.63, 3.8) is 0 Å². The van der Waals surface area contributed by atoms with E-state index in [1.165, 1.54) is 6.07 Å². The number of hydrogen-bond acceptors (Lipinski definition) is 4. The number of H-pyrrole nitrogens is 1. The Morgan fingerprint density at radius 1 is 1.37 bits per heavy atom. The Morgan fingerprint density at radius 3 is 2.68 bits per heavy atom. The third kappa shape index (κ3) is 2.66. The number of aromatic amines is 1. The molecule has 1 aromatic carbocycles. The van der Waals surface area contributed by atoms with E-state index < -0.39 is 10.8 Å². The second kappa shape index (κ2) is 5.24. The molecule has 6 heteroatoms. The maximum atomic E-state index is 11.4. The molecule has 1 heterocycles. The monoisotopic (exact) mass is 278 g/mol. The van der Waals surface area contributed by atoms with E-state index in [1.54, 1.807) is 19.2 Å². The molecule has 1 aromatic heterocycles. The zero-order chi connectivity index (χ0) is 14.0. The van der Waals surface area contributed by atoms with Crippen molar-refractivity contribution < 1.29 is 9.53 Å². The van der Waals surface area contributed by atoms with Crippen LogP contribution in [-0.2, 0) is 0 Å². The highest BCUT2D eigenvalue weighted by atomic mass is 35.5. The molecule has 0 spiro atoms. The Bertz CT molecular complexity index is 695. The van der Waals surface area contributed by atoms with Crippen LogP contribution in [0.3, 0.4) is 0 Å². The van der Waals surface area contributed by atoms with Crippen molar-refractivity contribution in [1.82, 2.24) is 10.2 Å². The van der Waals surface area contributed by atoms with E-state index in [0.717, 1.165) is 16.9 Å². The Morgan fingerprint density at radius 2 is 2.11 bits per heavy atom. The van der Waals surface area contributed by atoms with Gasteiger partial charge in [-0.3, -0.25) is 9.59 Å². The van der Waals surface area contributed by atoms with Gasteiger partial charge in [0.2, 0.25) is 0 Å². The van der Waals surface area contributed by atoms with Crippen LogP contribution < -0.4 is 10.3 Å². The summed E-state index contributed by atoms with van der Waals surface area (Å²) < 4.78 is 5.16. The lowest BCUT2D eigenvalue weighted by atomic mass is 10.1. The first-order valence-electron chi connectivity index (χ1n) is 5.47. The highest BCUT2D eigenvalue weighted by Gasteiger charge is 2.11. The second-order valence-electron chi connectivity index (χ2n) is 3.95. The van der Waals surface area contributed by atoms with E-state index in [-0.39, 0.29) is 5.56 Å². The molecule has 0 aliphatic heterocycles. The lowest BCUT2D eigenvalue weighted by Gasteiger charge is -2.07. The minimum atomic E-state index is -0.810. The molecule has 0 fully saturated rings. The van der Waals surface area contributed by atoms with Gasteiger partial charge in [-0.05, 0) is 48.4 Å². The summed E-state index contributed by atoms with van der Waals surface area (Å²) in [4.78, 5) is 22.5. The second-order valence-corrected chi connectivity index (χ2v) is 4.30. The molecular formula is C13H11ClN2O3. The van der Waals surface area contributed by atoms with Crippen molar-refractivity contribution in [3.8, 4) is 17.0 Å². The van der Waals surface area contributed by atoms with Crippen molar-refractivity contribution in [2.45, 2.75) is 6.92 Å². The molecule has 98 valence electrons. The predicted octanol–water partition coefficient (Wildman–Crippen LogP) is 2.13. The third-order valence-corrected chi connectivity index (χ3v) is 2.91. The number of carbonyl (C=O) groups is 1. The smallest absolute Gasteiger partial charge is 0.276 e. The van der Waals surface area contributed by atoms with Gasteiger partial charge in [0.1, 0.15) is 11.3 Å². The van der Waals surface area contributed by atoms with Crippen molar-refractivity contribution in [2.75, 3.05) is 7.11 Å². The molecule has 19 heavy (non-hydrogen) atoms. The van der Waals surface area contributed by atoms with Crippen LogP contribution in [0.1, 0.15) is 15.9 Å². The number of nitrogens with one attached hydrogen (secondary N) is 1. The summed E-state index contributed by atoms with van der Waals surface area (Å²) in [7, 11) is 1.59. The predicted molar refractivity (Wildman–Crippen MR) is 71.8 cm³/mol. The molecule has 0 saturated heterocycles. The van der Waals surface area contributed by atoms with Gasteiger partial charge in [-0.2, -0.15) is 5.10 Å². The molecule has 0 radical (unpaired) electrons. The fourth-order valence-corrected chi connectivity index (χ4v) is 1.88. The number of halogens is 1. The van der Waals surface area contributed by atoms with Crippen LogP contribution >= 0.6 is 11.6 Å². The fraction of sp³-hybridized carbons (Fsp3) is 0.154. The lowest BCUT2D eigenvalue weighted by molar-refractivity contribution is 0.108. The number of hydrogen-bond donors (Lipinski definition) is 1. The molecule has 0 unspecified atom stereocenters. The summed E-state index contributed by atoms with van der Waals surface area (Å²) in [6.45, 7) is 1.89. The first-order valence-corrected chi connectivity index (χ1v) is 5.85. The molecule has 0 saturated carbocycles. The summed E-state index contributed by atoms with van der Waals surface area (Å²) in [5, 5.41) is 5.34. The van der Waals surface area contributed by atoms with Crippen LogP contribution in [0.2, 0.25) is 0 Å². The van der Waals surface area contributed by atoms with E-state index in [2.05, 4.69) is 10.2 Å². The number of ether oxygens (including phenoxy) is 1. The average molecular weight is 279 g/mol. The van der Waals surface area contributed by atoms with Crippen molar-refractivity contribution in [2.24, 2.45) is 0 Å². The fourth-order valence-electron chi connectivity index (χ4n) is 1.74. The number of rotatable bonds is 3. The number of methoxy groups -OCH3 is 1. The van der Waals surface area contributed by atoms with Crippen LogP contribution in [-0.4, -0.2) is 22.5 Å². The molecule has 0 atom stereocenters. The summed E-state index contributed by atoms with van der Waals surface area (Å²) in [6.07, 6.45) is 0. The average Bonchev–Trinajstić information content (AvgIpc) is 2.38. The Balaban J connectivity index is 2.53. The van der Waals surface area contributed by atoms with E-state index >= 15 is 0 Å². The van der Waals surface area contributed by atoms with Gasteiger partial charge in [-0.15, -0.1) is 0 Å². The van der Waals surface area contributed by atoms with Gasteiger partial charge in [-0.25, -0.2) is 5.10 Å². The maximum Gasteiger partial charge on any atom is 0.276 e. The molecule has 0 bridgehead atoms. The quantitative estimate of drug-likeness (QED) is 0.873. The molecule has 0 amide bonds. The first kappa shape index (κ1) is 13.3. The summed E-state index contributed by atoms with van der Waals surface area (Å²) in [6, 6.07) is 6.80. The van der Waals surface area contributed by atoms with Gasteiger partial charge in [0.05, 0.1) is 12.8 Å². The third-order valence-electron chi connectivity index (χ3n) is 2.71. The van der Waals surface area contributed by atoms with Crippen LogP contribution in [0.25, 0.3) is 11.3 Å². The van der Waals surface area contributed by atoms with E-state index in [1.807, 2.05) is 13.0 Å². The van der Waals surface area contributed by atoms with Gasteiger partial charge in [0, 0.05) is 5.56 Å². The highest BCUT2D eigenvalue weighted by molar-refractivity contribution is 6.67. The molecule has 5 nitrogen and oxygen atoms in total. The molecule has 2 aromatic rings. The van der Waals surface area contributed by atoms with E-state index in [9.17, 15) is 9.59 Å². The van der Waals surface area contributed by atoms with Gasteiger partial charge in [0.15, 0.2) is 0 Å². The number of carbonyl (C=O) groups excluding carboxylic acids is 1. The van der Waals surface area contributed by atoms with Crippen LogP contribution in [0.4, 0.5) is 0 Å². The minimum Gasteiger partial charge on any atom is -0.496 e. The molecular weight excluding hydrogens is 268 g/mol. The SMILES string of the molecule is COc1ccc(-c2cc(C(=O)Cl)c(=O)[nH]n2)cc1C. The topological polar surface area (TPSA) is 72.1 Å². The van der Waals surface area contributed by atoms with Crippen LogP contribution in [0.15, 0.2) is 29.1 Å². The molecule has 1 N–H and O–H groups in total. The summed E-state index contributed by atoms with van der Waals surface area (Å²) >= 11 is 5.34. The highest BCUT2D eigenvalue weighted by Crippen LogP contribution is 2.24. The van der Waals surface area contributed by atoms with Gasteiger partial charge in [0.25, 0.3) is 10.8 Å². The lowest BCUT2D eigenvalue weighted by Crippen LogP contribution is -2.16. The number of aromatic nitrogens is 2. The van der Waals surface area contributed by atoms with E-state index in [4.69, 9.17) is 16.3 Å². The van der Waals surface area contributed by atoms with Crippen LogP contribution in [0.5, 0.6) is 5.75 Å². The Labute approximate surface area is 114 Å². The molecule has 0 aliphatic carbocycles. The minimum absolute atomic E-state index is 0.125. The summed E-state index contributed by atoms with van der Waals surface area (Å²) in [5.74, 6) is 0.752. The number of nitrogens with zero attached hydrogens (tertiary/aromatic N) is 1. The zero-order valence-electron chi connectivity index (χ0n) is 10.4. The Kier molecular flexibility index (Phi) is 3.66. The van der Waals surface area contributed by atoms with Gasteiger partial charge < -0.3 is 4.74 Å². The number of benzene rings is 1. The van der Waals surface area contributed by atoms with Gasteiger partial charge >= 0.3 is 0 Å². The van der Waals surface area contributed by atoms with Crippen molar-refractivity contribution in [3.05, 3.63) is 45.7 Å². The zero-order valence-corrected chi connectivity index (χ0v) is 11.1. The van der Waals surface area contributed by atoms with Crippen LogP contribution in [0, 0.1) is 6.92 Å². The number of aryl methyl sites for hydroxylation is 1. The molecule has 2 rings (SSSR count). The normalized spacial score (nSPS) is 10.3.